The second-order valence-electron chi connectivity index (χ2n) is 3.36. The highest BCUT2D eigenvalue weighted by Crippen LogP contribution is 2.05. The summed E-state index contributed by atoms with van der Waals surface area (Å²) in [6, 6.07) is 8.69. The van der Waals surface area contributed by atoms with Crippen molar-refractivity contribution in [1.82, 2.24) is 5.32 Å². The molecule has 78 valence electrons. The Labute approximate surface area is 88.7 Å². The highest BCUT2D eigenvalue weighted by atomic mass is 16.1. The minimum atomic E-state index is -0.183. The Morgan fingerprint density at radius 2 is 2.13 bits per heavy atom. The first-order valence-corrected chi connectivity index (χ1v) is 4.67. The number of hydrogen-bond donors (Lipinski definition) is 2. The number of nitrogens with two attached hydrogens (primary N) is 1. The van der Waals surface area contributed by atoms with E-state index in [9.17, 15) is 4.79 Å². The molecule has 1 amide bonds. The summed E-state index contributed by atoms with van der Waals surface area (Å²) in [5.41, 5.74) is 6.67. The number of nitriles is 1. The molecule has 1 atom stereocenters. The van der Waals surface area contributed by atoms with Gasteiger partial charge < -0.3 is 11.1 Å². The number of nitrogens with one attached hydrogen (secondary N) is 1. The molecule has 0 saturated heterocycles. The summed E-state index contributed by atoms with van der Waals surface area (Å²) in [5.74, 6) is -0.361. The summed E-state index contributed by atoms with van der Waals surface area (Å²) in [7, 11) is 0. The molecule has 0 saturated carbocycles. The van der Waals surface area contributed by atoms with Crippen molar-refractivity contribution in [1.29, 1.82) is 5.26 Å². The second-order valence-corrected chi connectivity index (χ2v) is 3.36. The van der Waals surface area contributed by atoms with Gasteiger partial charge in [-0.3, -0.25) is 4.79 Å². The topological polar surface area (TPSA) is 78.9 Å². The van der Waals surface area contributed by atoms with Gasteiger partial charge in [-0.25, -0.2) is 0 Å². The molecule has 1 unspecified atom stereocenters. The average molecular weight is 203 g/mol. The lowest BCUT2D eigenvalue weighted by Gasteiger charge is -2.06. The summed E-state index contributed by atoms with van der Waals surface area (Å²) in [4.78, 5) is 11.5. The second kappa shape index (κ2) is 5.01. The minimum Gasteiger partial charge on any atom is -0.399 e. The number of nitrogens with zero attached hydrogens (tertiary/aromatic N) is 1. The first-order valence-electron chi connectivity index (χ1n) is 4.67. The molecule has 0 fully saturated rings. The van der Waals surface area contributed by atoms with E-state index in [1.165, 1.54) is 0 Å². The predicted molar refractivity (Wildman–Crippen MR) is 58.0 cm³/mol. The van der Waals surface area contributed by atoms with Crippen molar-refractivity contribution in [2.24, 2.45) is 5.92 Å². The Kier molecular flexibility index (Phi) is 3.69. The molecule has 1 aromatic rings. The van der Waals surface area contributed by atoms with Gasteiger partial charge in [0.25, 0.3) is 5.91 Å². The fourth-order valence-corrected chi connectivity index (χ4v) is 1.03. The molecule has 0 bridgehead atoms. The molecule has 0 radical (unpaired) electrons. The van der Waals surface area contributed by atoms with Crippen LogP contribution in [0.25, 0.3) is 0 Å². The molecule has 0 aromatic heterocycles. The maximum absolute atomic E-state index is 11.5. The molecule has 1 rings (SSSR count). The predicted octanol–water partition coefficient (Wildman–Crippen LogP) is 1.16. The van der Waals surface area contributed by atoms with Gasteiger partial charge in [0.15, 0.2) is 0 Å². The molecule has 0 aliphatic carbocycles. The lowest BCUT2D eigenvalue weighted by molar-refractivity contribution is 0.0951. The van der Waals surface area contributed by atoms with Gasteiger partial charge in [-0.05, 0) is 31.2 Å². The summed E-state index contributed by atoms with van der Waals surface area (Å²) >= 11 is 0. The highest BCUT2D eigenvalue weighted by Gasteiger charge is 2.06. The molecule has 15 heavy (non-hydrogen) atoms. The molecule has 0 aliphatic heterocycles. The number of rotatable bonds is 3. The Morgan fingerprint density at radius 3 is 2.67 bits per heavy atom. The molecular formula is C11H13N3O. The fourth-order valence-electron chi connectivity index (χ4n) is 1.03. The number of amides is 1. The zero-order valence-electron chi connectivity index (χ0n) is 8.53. The van der Waals surface area contributed by atoms with Crippen LogP contribution in [0.15, 0.2) is 24.3 Å². The van der Waals surface area contributed by atoms with E-state index in [2.05, 4.69) is 5.32 Å². The summed E-state index contributed by atoms with van der Waals surface area (Å²) in [6.07, 6.45) is 0. The third kappa shape index (κ3) is 3.31. The van der Waals surface area contributed by atoms with Gasteiger partial charge in [0, 0.05) is 17.8 Å². The van der Waals surface area contributed by atoms with Crippen molar-refractivity contribution in [3.8, 4) is 6.07 Å². The van der Waals surface area contributed by atoms with Crippen molar-refractivity contribution in [3.63, 3.8) is 0 Å². The van der Waals surface area contributed by atoms with Gasteiger partial charge in [0.2, 0.25) is 0 Å². The summed E-state index contributed by atoms with van der Waals surface area (Å²) < 4.78 is 0. The Hall–Kier alpha value is -2.02. The van der Waals surface area contributed by atoms with Crippen molar-refractivity contribution in [2.75, 3.05) is 12.3 Å². The normalized spacial score (nSPS) is 11.5. The lowest BCUT2D eigenvalue weighted by Crippen LogP contribution is -2.27. The minimum absolute atomic E-state index is 0.178. The van der Waals surface area contributed by atoms with Crippen molar-refractivity contribution in [3.05, 3.63) is 29.8 Å². The number of benzene rings is 1. The molecule has 0 aliphatic rings. The zero-order chi connectivity index (χ0) is 11.3. The summed E-state index contributed by atoms with van der Waals surface area (Å²) in [6.45, 7) is 2.11. The number of carbonyl (C=O) groups excluding carboxylic acids is 1. The maximum Gasteiger partial charge on any atom is 0.251 e. The van der Waals surface area contributed by atoms with E-state index in [0.29, 0.717) is 17.8 Å². The van der Waals surface area contributed by atoms with Crippen LogP contribution in [0.3, 0.4) is 0 Å². The first kappa shape index (κ1) is 11.1. The van der Waals surface area contributed by atoms with Crippen LogP contribution in [-0.2, 0) is 0 Å². The molecule has 4 heteroatoms. The smallest absolute Gasteiger partial charge is 0.251 e. The van der Waals surface area contributed by atoms with Crippen molar-refractivity contribution in [2.45, 2.75) is 6.92 Å². The average Bonchev–Trinajstić information content (AvgIpc) is 2.26. The highest BCUT2D eigenvalue weighted by molar-refractivity contribution is 5.94. The largest absolute Gasteiger partial charge is 0.399 e. The van der Waals surface area contributed by atoms with Crippen LogP contribution in [-0.4, -0.2) is 12.5 Å². The van der Waals surface area contributed by atoms with Crippen LogP contribution in [0.2, 0.25) is 0 Å². The fraction of sp³-hybridized carbons (Fsp3) is 0.273. The van der Waals surface area contributed by atoms with Gasteiger partial charge in [-0.1, -0.05) is 0 Å². The van der Waals surface area contributed by atoms with E-state index in [-0.39, 0.29) is 11.8 Å². The van der Waals surface area contributed by atoms with Crippen LogP contribution in [0.1, 0.15) is 17.3 Å². The Morgan fingerprint density at radius 1 is 1.53 bits per heavy atom. The van der Waals surface area contributed by atoms with Crippen molar-refractivity contribution < 1.29 is 4.79 Å². The number of nitrogen functional groups attached to an aromatic ring is 1. The van der Waals surface area contributed by atoms with Gasteiger partial charge in [0.05, 0.1) is 12.0 Å². The monoisotopic (exact) mass is 203 g/mol. The molecule has 4 nitrogen and oxygen atoms in total. The third-order valence-corrected chi connectivity index (χ3v) is 1.96. The molecule has 0 heterocycles. The number of carbonyl (C=O) groups is 1. The van der Waals surface area contributed by atoms with Gasteiger partial charge in [-0.15, -0.1) is 0 Å². The van der Waals surface area contributed by atoms with Crippen LogP contribution < -0.4 is 11.1 Å². The Bertz CT molecular complexity index is 378. The molecule has 1 aromatic carbocycles. The van der Waals surface area contributed by atoms with E-state index >= 15 is 0 Å². The zero-order valence-corrected chi connectivity index (χ0v) is 8.53. The van der Waals surface area contributed by atoms with Crippen LogP contribution >= 0.6 is 0 Å². The standard InChI is InChI=1S/C11H13N3O/c1-8(6-12)7-14-11(15)9-2-4-10(13)5-3-9/h2-5,8H,7,13H2,1H3,(H,14,15). The van der Waals surface area contributed by atoms with Gasteiger partial charge >= 0.3 is 0 Å². The van der Waals surface area contributed by atoms with Crippen LogP contribution in [0.5, 0.6) is 0 Å². The Balaban J connectivity index is 2.55. The van der Waals surface area contributed by atoms with Crippen LogP contribution in [0.4, 0.5) is 5.69 Å². The van der Waals surface area contributed by atoms with E-state index in [1.54, 1.807) is 31.2 Å². The van der Waals surface area contributed by atoms with E-state index < -0.39 is 0 Å². The molecular weight excluding hydrogens is 190 g/mol. The van der Waals surface area contributed by atoms with E-state index in [0.717, 1.165) is 0 Å². The quantitative estimate of drug-likeness (QED) is 0.723. The van der Waals surface area contributed by atoms with E-state index in [1.807, 2.05) is 6.07 Å². The summed E-state index contributed by atoms with van der Waals surface area (Å²) in [5, 5.41) is 11.2. The SMILES string of the molecule is CC(C#N)CNC(=O)c1ccc(N)cc1. The molecule has 0 spiro atoms. The third-order valence-electron chi connectivity index (χ3n) is 1.96. The van der Waals surface area contributed by atoms with Gasteiger partial charge in [-0.2, -0.15) is 5.26 Å². The van der Waals surface area contributed by atoms with E-state index in [4.69, 9.17) is 11.0 Å². The molecule has 3 N–H and O–H groups in total. The maximum atomic E-state index is 11.5. The lowest BCUT2D eigenvalue weighted by atomic mass is 10.1. The van der Waals surface area contributed by atoms with Gasteiger partial charge in [0.1, 0.15) is 0 Å². The number of anilines is 1. The van der Waals surface area contributed by atoms with Crippen LogP contribution in [0, 0.1) is 17.2 Å². The number of hydrogen-bond acceptors (Lipinski definition) is 3. The first-order chi connectivity index (χ1) is 7.13. The van der Waals surface area contributed by atoms with Crippen molar-refractivity contribution >= 4 is 11.6 Å².